The van der Waals surface area contributed by atoms with E-state index in [-0.39, 0.29) is 17.9 Å². The van der Waals surface area contributed by atoms with Crippen LogP contribution >= 0.6 is 0 Å². The highest BCUT2D eigenvalue weighted by Crippen LogP contribution is 2.24. The van der Waals surface area contributed by atoms with E-state index in [1.54, 1.807) is 7.11 Å². The SMILES string of the molecule is COCCOCC(=O)NCC(C)(C)C(C)C. The fourth-order valence-electron chi connectivity index (χ4n) is 0.889. The van der Waals surface area contributed by atoms with Gasteiger partial charge in [-0.1, -0.05) is 27.7 Å². The second-order valence-corrected chi connectivity index (χ2v) is 4.97. The quantitative estimate of drug-likeness (QED) is 0.643. The summed E-state index contributed by atoms with van der Waals surface area (Å²) < 4.78 is 9.94. The minimum Gasteiger partial charge on any atom is -0.382 e. The maximum atomic E-state index is 11.4. The van der Waals surface area contributed by atoms with Crippen LogP contribution in [0, 0.1) is 11.3 Å². The lowest BCUT2D eigenvalue weighted by Gasteiger charge is -2.29. The molecule has 0 bridgehead atoms. The fourth-order valence-corrected chi connectivity index (χ4v) is 0.889. The monoisotopic (exact) mass is 231 g/mol. The van der Waals surface area contributed by atoms with Gasteiger partial charge in [-0.15, -0.1) is 0 Å². The Labute approximate surface area is 98.7 Å². The highest BCUT2D eigenvalue weighted by Gasteiger charge is 2.22. The molecule has 0 saturated heterocycles. The van der Waals surface area contributed by atoms with E-state index in [9.17, 15) is 4.79 Å². The number of ether oxygens (including phenoxy) is 2. The predicted molar refractivity (Wildman–Crippen MR) is 64.3 cm³/mol. The maximum Gasteiger partial charge on any atom is 0.246 e. The first-order valence-corrected chi connectivity index (χ1v) is 5.73. The van der Waals surface area contributed by atoms with Crippen molar-refractivity contribution in [3.63, 3.8) is 0 Å². The lowest BCUT2D eigenvalue weighted by molar-refractivity contribution is -0.126. The third kappa shape index (κ3) is 6.80. The van der Waals surface area contributed by atoms with Gasteiger partial charge in [0.2, 0.25) is 5.91 Å². The summed E-state index contributed by atoms with van der Waals surface area (Å²) in [6.45, 7) is 10.4. The molecule has 4 heteroatoms. The first-order valence-electron chi connectivity index (χ1n) is 5.73. The average Bonchev–Trinajstić information content (AvgIpc) is 2.21. The molecule has 0 rings (SSSR count). The van der Waals surface area contributed by atoms with E-state index < -0.39 is 0 Å². The second kappa shape index (κ2) is 7.63. The van der Waals surface area contributed by atoms with Crippen molar-refractivity contribution in [1.82, 2.24) is 5.32 Å². The molecule has 0 unspecified atom stereocenters. The topological polar surface area (TPSA) is 47.6 Å². The van der Waals surface area contributed by atoms with Crippen molar-refractivity contribution in [2.24, 2.45) is 11.3 Å². The zero-order valence-corrected chi connectivity index (χ0v) is 11.1. The van der Waals surface area contributed by atoms with E-state index in [0.717, 1.165) is 0 Å². The molecule has 0 radical (unpaired) electrons. The van der Waals surface area contributed by atoms with Gasteiger partial charge in [-0.2, -0.15) is 0 Å². The lowest BCUT2D eigenvalue weighted by atomic mass is 9.81. The van der Waals surface area contributed by atoms with Crippen molar-refractivity contribution >= 4 is 5.91 Å². The second-order valence-electron chi connectivity index (χ2n) is 4.97. The minimum absolute atomic E-state index is 0.0650. The van der Waals surface area contributed by atoms with Gasteiger partial charge in [-0.25, -0.2) is 0 Å². The van der Waals surface area contributed by atoms with Crippen LogP contribution < -0.4 is 5.32 Å². The Balaban J connectivity index is 3.65. The Kier molecular flexibility index (Phi) is 7.34. The Morgan fingerprint density at radius 3 is 2.44 bits per heavy atom. The van der Waals surface area contributed by atoms with Crippen LogP contribution in [-0.2, 0) is 14.3 Å². The Bertz CT molecular complexity index is 202. The van der Waals surface area contributed by atoms with Crippen molar-refractivity contribution in [2.75, 3.05) is 33.5 Å². The van der Waals surface area contributed by atoms with Crippen LogP contribution in [0.3, 0.4) is 0 Å². The van der Waals surface area contributed by atoms with Gasteiger partial charge < -0.3 is 14.8 Å². The van der Waals surface area contributed by atoms with Gasteiger partial charge in [-0.3, -0.25) is 4.79 Å². The first kappa shape index (κ1) is 15.4. The predicted octanol–water partition coefficient (Wildman–Crippen LogP) is 1.45. The zero-order valence-electron chi connectivity index (χ0n) is 11.1. The van der Waals surface area contributed by atoms with Crippen LogP contribution in [0.5, 0.6) is 0 Å². The highest BCUT2D eigenvalue weighted by atomic mass is 16.5. The van der Waals surface area contributed by atoms with Crippen LogP contribution in [0.2, 0.25) is 0 Å². The Morgan fingerprint density at radius 1 is 1.31 bits per heavy atom. The summed E-state index contributed by atoms with van der Waals surface area (Å²) in [6, 6.07) is 0. The molecule has 96 valence electrons. The van der Waals surface area contributed by atoms with Crippen LogP contribution in [0.4, 0.5) is 0 Å². The summed E-state index contributed by atoms with van der Waals surface area (Å²) in [5.41, 5.74) is 0.113. The van der Waals surface area contributed by atoms with Crippen LogP contribution in [0.1, 0.15) is 27.7 Å². The molecule has 0 aliphatic carbocycles. The molecule has 0 aromatic carbocycles. The maximum absolute atomic E-state index is 11.4. The molecule has 1 N–H and O–H groups in total. The van der Waals surface area contributed by atoms with E-state index in [4.69, 9.17) is 9.47 Å². The Morgan fingerprint density at radius 2 is 1.94 bits per heavy atom. The third-order valence-electron chi connectivity index (χ3n) is 2.97. The molecule has 4 nitrogen and oxygen atoms in total. The molecular formula is C12H25NO3. The number of hydrogen-bond acceptors (Lipinski definition) is 3. The molecule has 0 heterocycles. The van der Waals surface area contributed by atoms with Gasteiger partial charge in [0, 0.05) is 13.7 Å². The molecular weight excluding hydrogens is 206 g/mol. The van der Waals surface area contributed by atoms with Gasteiger partial charge in [-0.05, 0) is 11.3 Å². The molecule has 0 saturated carbocycles. The number of carbonyl (C=O) groups is 1. The summed E-state index contributed by atoms with van der Waals surface area (Å²) in [5, 5.41) is 2.88. The largest absolute Gasteiger partial charge is 0.382 e. The lowest BCUT2D eigenvalue weighted by Crippen LogP contribution is -2.38. The highest BCUT2D eigenvalue weighted by molar-refractivity contribution is 5.77. The third-order valence-corrected chi connectivity index (χ3v) is 2.97. The van der Waals surface area contributed by atoms with E-state index in [2.05, 4.69) is 33.0 Å². The fraction of sp³-hybridized carbons (Fsp3) is 0.917. The molecule has 0 aromatic rings. The molecule has 16 heavy (non-hydrogen) atoms. The van der Waals surface area contributed by atoms with Crippen molar-refractivity contribution in [1.29, 1.82) is 0 Å². The van der Waals surface area contributed by atoms with Crippen molar-refractivity contribution in [3.8, 4) is 0 Å². The standard InChI is InChI=1S/C12H25NO3/c1-10(2)12(3,4)9-13-11(14)8-16-7-6-15-5/h10H,6-9H2,1-5H3,(H,13,14). The van der Waals surface area contributed by atoms with E-state index >= 15 is 0 Å². The normalized spacial score (nSPS) is 11.9. The molecule has 0 aromatic heterocycles. The van der Waals surface area contributed by atoms with E-state index in [1.165, 1.54) is 0 Å². The smallest absolute Gasteiger partial charge is 0.246 e. The van der Waals surface area contributed by atoms with Crippen molar-refractivity contribution < 1.29 is 14.3 Å². The molecule has 0 spiro atoms. The average molecular weight is 231 g/mol. The molecule has 0 aliphatic heterocycles. The van der Waals surface area contributed by atoms with Crippen molar-refractivity contribution in [3.05, 3.63) is 0 Å². The van der Waals surface area contributed by atoms with Crippen LogP contribution in [-0.4, -0.2) is 39.4 Å². The number of carbonyl (C=O) groups excluding carboxylic acids is 1. The number of hydrogen-bond donors (Lipinski definition) is 1. The summed E-state index contributed by atoms with van der Waals surface area (Å²) in [4.78, 5) is 11.4. The first-order chi connectivity index (χ1) is 7.40. The minimum atomic E-state index is -0.0650. The van der Waals surface area contributed by atoms with E-state index in [0.29, 0.717) is 25.7 Å². The van der Waals surface area contributed by atoms with Gasteiger partial charge in [0.05, 0.1) is 13.2 Å². The summed E-state index contributed by atoms with van der Waals surface area (Å²) in [5.74, 6) is 0.465. The number of amides is 1. The zero-order chi connectivity index (χ0) is 12.6. The van der Waals surface area contributed by atoms with Crippen molar-refractivity contribution in [2.45, 2.75) is 27.7 Å². The van der Waals surface area contributed by atoms with Gasteiger partial charge in [0.25, 0.3) is 0 Å². The summed E-state index contributed by atoms with van der Waals surface area (Å²) >= 11 is 0. The van der Waals surface area contributed by atoms with Gasteiger partial charge >= 0.3 is 0 Å². The van der Waals surface area contributed by atoms with Gasteiger partial charge in [0.1, 0.15) is 6.61 Å². The molecule has 0 atom stereocenters. The van der Waals surface area contributed by atoms with Gasteiger partial charge in [0.15, 0.2) is 0 Å². The number of nitrogens with one attached hydrogen (secondary N) is 1. The molecule has 0 aliphatic rings. The van der Waals surface area contributed by atoms with E-state index in [1.807, 2.05) is 0 Å². The summed E-state index contributed by atoms with van der Waals surface area (Å²) in [7, 11) is 1.61. The summed E-state index contributed by atoms with van der Waals surface area (Å²) in [6.07, 6.45) is 0. The molecule has 1 amide bonds. The Hall–Kier alpha value is -0.610. The van der Waals surface area contributed by atoms with Crippen LogP contribution in [0.15, 0.2) is 0 Å². The number of methoxy groups -OCH3 is 1. The molecule has 0 fully saturated rings. The number of rotatable bonds is 8. The van der Waals surface area contributed by atoms with Crippen LogP contribution in [0.25, 0.3) is 0 Å².